The Bertz CT molecular complexity index is 101. The zero-order valence-electron chi connectivity index (χ0n) is 7.93. The van der Waals surface area contributed by atoms with Crippen molar-refractivity contribution in [1.29, 1.82) is 0 Å². The molecule has 1 aliphatic rings. The molecule has 1 heterocycles. The Morgan fingerprint density at radius 1 is 1.09 bits per heavy atom. The van der Waals surface area contributed by atoms with Crippen LogP contribution in [0.25, 0.3) is 5.32 Å². The van der Waals surface area contributed by atoms with Gasteiger partial charge in [-0.2, -0.15) is 0 Å². The van der Waals surface area contributed by atoms with Gasteiger partial charge in [0, 0.05) is 32.7 Å². The molecular formula is C9H18NY-. The molecule has 0 atom stereocenters. The van der Waals surface area contributed by atoms with Crippen LogP contribution in [0.2, 0.25) is 0 Å². The van der Waals surface area contributed by atoms with Crippen LogP contribution < -0.4 is 0 Å². The van der Waals surface area contributed by atoms with Crippen molar-refractivity contribution in [2.45, 2.75) is 33.6 Å². The van der Waals surface area contributed by atoms with Crippen LogP contribution in [0.4, 0.5) is 0 Å². The van der Waals surface area contributed by atoms with Gasteiger partial charge >= 0.3 is 0 Å². The maximum Gasteiger partial charge on any atom is 0 e. The molecule has 1 saturated heterocycles. The second kappa shape index (κ2) is 4.94. The number of hydrogen-bond donors (Lipinski definition) is 0. The molecule has 0 unspecified atom stereocenters. The Morgan fingerprint density at radius 3 is 1.82 bits per heavy atom. The fourth-order valence-electron chi connectivity index (χ4n) is 1.62. The molecule has 0 spiro atoms. The third-order valence-electron chi connectivity index (χ3n) is 2.50. The monoisotopic (exact) mass is 229 g/mol. The van der Waals surface area contributed by atoms with E-state index in [-0.39, 0.29) is 32.7 Å². The van der Waals surface area contributed by atoms with E-state index >= 15 is 0 Å². The van der Waals surface area contributed by atoms with Crippen LogP contribution in [0.15, 0.2) is 0 Å². The third-order valence-corrected chi connectivity index (χ3v) is 2.50. The number of nitrogens with zero attached hydrogens (tertiary/aromatic N) is 1. The molecule has 0 N–H and O–H groups in total. The SMILES string of the molecule is CC(C)(C)C1CC[N-]CC1.[Y]. The van der Waals surface area contributed by atoms with Crippen molar-refractivity contribution in [2.24, 2.45) is 11.3 Å². The second-order valence-electron chi connectivity index (χ2n) is 4.31. The van der Waals surface area contributed by atoms with Crippen molar-refractivity contribution < 1.29 is 32.7 Å². The summed E-state index contributed by atoms with van der Waals surface area (Å²) in [7, 11) is 0. The summed E-state index contributed by atoms with van der Waals surface area (Å²) in [6.45, 7) is 9.21. The first-order valence-electron chi connectivity index (χ1n) is 4.24. The molecule has 0 bridgehead atoms. The van der Waals surface area contributed by atoms with Gasteiger partial charge in [0.25, 0.3) is 0 Å². The van der Waals surface area contributed by atoms with Crippen molar-refractivity contribution >= 4 is 0 Å². The van der Waals surface area contributed by atoms with Crippen molar-refractivity contribution in [2.75, 3.05) is 13.1 Å². The van der Waals surface area contributed by atoms with E-state index in [9.17, 15) is 0 Å². The van der Waals surface area contributed by atoms with E-state index in [1.54, 1.807) is 0 Å². The van der Waals surface area contributed by atoms with Gasteiger partial charge in [-0.25, -0.2) is 0 Å². The van der Waals surface area contributed by atoms with Gasteiger partial charge in [-0.15, -0.1) is 13.1 Å². The summed E-state index contributed by atoms with van der Waals surface area (Å²) >= 11 is 0. The van der Waals surface area contributed by atoms with Gasteiger partial charge < -0.3 is 5.32 Å². The molecule has 0 saturated carbocycles. The van der Waals surface area contributed by atoms with E-state index in [0.717, 1.165) is 19.0 Å². The average Bonchev–Trinajstić information content (AvgIpc) is 1.88. The first-order valence-corrected chi connectivity index (χ1v) is 4.24. The maximum absolute atomic E-state index is 4.34. The molecule has 63 valence electrons. The first kappa shape index (κ1) is 12.1. The van der Waals surface area contributed by atoms with E-state index < -0.39 is 0 Å². The standard InChI is InChI=1S/C9H18N.Y/c1-9(2,3)8-4-6-10-7-5-8;/h8H,4-7H2,1-3H3;/q-1;. The Morgan fingerprint density at radius 2 is 1.55 bits per heavy atom. The molecule has 0 aromatic heterocycles. The largest absolute Gasteiger partial charge is 0.662 e. The van der Waals surface area contributed by atoms with Crippen LogP contribution in [-0.4, -0.2) is 13.1 Å². The predicted molar refractivity (Wildman–Crippen MR) is 45.3 cm³/mol. The molecule has 1 nitrogen and oxygen atoms in total. The van der Waals surface area contributed by atoms with E-state index in [1.807, 2.05) is 0 Å². The molecule has 1 rings (SSSR count). The topological polar surface area (TPSA) is 14.1 Å². The first-order chi connectivity index (χ1) is 4.61. The molecule has 1 fully saturated rings. The van der Waals surface area contributed by atoms with Crippen LogP contribution in [0.1, 0.15) is 33.6 Å². The molecule has 11 heavy (non-hydrogen) atoms. The Kier molecular flexibility index (Phi) is 5.42. The molecule has 1 radical (unpaired) electrons. The molecule has 2 heteroatoms. The predicted octanol–water partition coefficient (Wildman–Crippen LogP) is 2.81. The summed E-state index contributed by atoms with van der Waals surface area (Å²) < 4.78 is 0. The fraction of sp³-hybridized carbons (Fsp3) is 1.00. The minimum atomic E-state index is 0. The number of rotatable bonds is 0. The summed E-state index contributed by atoms with van der Waals surface area (Å²) in [6.07, 6.45) is 2.62. The summed E-state index contributed by atoms with van der Waals surface area (Å²) in [5.41, 5.74) is 0.510. The van der Waals surface area contributed by atoms with Gasteiger partial charge in [-0.3, -0.25) is 0 Å². The molecule has 0 aromatic rings. The van der Waals surface area contributed by atoms with Crippen LogP contribution >= 0.6 is 0 Å². The number of hydrogen-bond acceptors (Lipinski definition) is 0. The van der Waals surface area contributed by atoms with Gasteiger partial charge in [0.05, 0.1) is 0 Å². The third kappa shape index (κ3) is 4.01. The summed E-state index contributed by atoms with van der Waals surface area (Å²) in [4.78, 5) is 0. The van der Waals surface area contributed by atoms with Crippen molar-refractivity contribution in [1.82, 2.24) is 0 Å². The van der Waals surface area contributed by atoms with Gasteiger partial charge in [-0.1, -0.05) is 33.6 Å². The van der Waals surface area contributed by atoms with E-state index in [0.29, 0.717) is 5.41 Å². The second-order valence-corrected chi connectivity index (χ2v) is 4.31. The number of piperidine rings is 1. The quantitative estimate of drug-likeness (QED) is 0.606. The normalized spacial score (nSPS) is 21.0. The molecule has 0 amide bonds. The molecular weight excluding hydrogens is 211 g/mol. The van der Waals surface area contributed by atoms with Gasteiger partial charge in [0.1, 0.15) is 0 Å². The van der Waals surface area contributed by atoms with E-state index in [4.69, 9.17) is 0 Å². The van der Waals surface area contributed by atoms with E-state index in [1.165, 1.54) is 12.8 Å². The van der Waals surface area contributed by atoms with Gasteiger partial charge in [0.15, 0.2) is 0 Å². The Balaban J connectivity index is 0.000001000. The average molecular weight is 229 g/mol. The van der Waals surface area contributed by atoms with Crippen LogP contribution in [0, 0.1) is 11.3 Å². The van der Waals surface area contributed by atoms with Gasteiger partial charge in [0.2, 0.25) is 0 Å². The molecule has 0 aromatic carbocycles. The van der Waals surface area contributed by atoms with Crippen molar-refractivity contribution in [3.05, 3.63) is 5.32 Å². The fourth-order valence-corrected chi connectivity index (χ4v) is 1.62. The Hall–Kier alpha value is 1.06. The van der Waals surface area contributed by atoms with Gasteiger partial charge in [-0.05, 0) is 11.3 Å². The summed E-state index contributed by atoms with van der Waals surface area (Å²) in [6, 6.07) is 0. The Labute approximate surface area is 95.6 Å². The molecule has 0 aliphatic carbocycles. The van der Waals surface area contributed by atoms with E-state index in [2.05, 4.69) is 26.1 Å². The van der Waals surface area contributed by atoms with Crippen molar-refractivity contribution in [3.8, 4) is 0 Å². The molecule has 1 aliphatic heterocycles. The van der Waals surface area contributed by atoms with Crippen molar-refractivity contribution in [3.63, 3.8) is 0 Å². The minimum Gasteiger partial charge on any atom is -0.662 e. The minimum absolute atomic E-state index is 0. The smallest absolute Gasteiger partial charge is 0 e. The zero-order valence-corrected chi connectivity index (χ0v) is 10.8. The van der Waals surface area contributed by atoms with Crippen LogP contribution in [0.5, 0.6) is 0 Å². The van der Waals surface area contributed by atoms with Crippen LogP contribution in [0.3, 0.4) is 0 Å². The summed E-state index contributed by atoms with van der Waals surface area (Å²) in [5.74, 6) is 0.907. The maximum atomic E-state index is 4.34. The summed E-state index contributed by atoms with van der Waals surface area (Å²) in [5, 5.41) is 4.34. The zero-order chi connectivity index (χ0) is 7.61. The van der Waals surface area contributed by atoms with Crippen LogP contribution in [-0.2, 0) is 32.7 Å².